The van der Waals surface area contributed by atoms with Gasteiger partial charge in [-0.3, -0.25) is 4.79 Å². The lowest BCUT2D eigenvalue weighted by atomic mass is 10.1. The third-order valence-corrected chi connectivity index (χ3v) is 3.82. The van der Waals surface area contributed by atoms with E-state index in [4.69, 9.17) is 19.9 Å². The van der Waals surface area contributed by atoms with Crippen LogP contribution in [0.5, 0.6) is 11.5 Å². The molecular formula is C16H24N2O4. The van der Waals surface area contributed by atoms with Crippen LogP contribution in [0.4, 0.5) is 0 Å². The predicted octanol–water partition coefficient (Wildman–Crippen LogP) is 0.869. The third kappa shape index (κ3) is 4.11. The van der Waals surface area contributed by atoms with Gasteiger partial charge < -0.3 is 25.3 Å². The summed E-state index contributed by atoms with van der Waals surface area (Å²) in [5, 5.41) is 2.91. The van der Waals surface area contributed by atoms with Gasteiger partial charge in [-0.2, -0.15) is 0 Å². The Morgan fingerprint density at radius 1 is 1.32 bits per heavy atom. The molecule has 0 aliphatic carbocycles. The molecule has 122 valence electrons. The van der Waals surface area contributed by atoms with E-state index in [-0.39, 0.29) is 18.1 Å². The van der Waals surface area contributed by atoms with E-state index in [1.807, 2.05) is 18.2 Å². The first kappa shape index (κ1) is 16.6. The maximum Gasteiger partial charge on any atom is 0.249 e. The Hall–Kier alpha value is -1.79. The Kier molecular flexibility index (Phi) is 6.03. The molecule has 0 radical (unpaired) electrons. The number of hydrogen-bond donors (Lipinski definition) is 2. The highest BCUT2D eigenvalue weighted by Crippen LogP contribution is 2.27. The molecule has 6 nitrogen and oxygen atoms in total. The summed E-state index contributed by atoms with van der Waals surface area (Å²) >= 11 is 0. The van der Waals surface area contributed by atoms with Gasteiger partial charge in [0.05, 0.1) is 20.3 Å². The van der Waals surface area contributed by atoms with E-state index in [0.717, 1.165) is 24.8 Å². The summed E-state index contributed by atoms with van der Waals surface area (Å²) in [4.78, 5) is 12.0. The Balaban J connectivity index is 1.80. The molecule has 2 rings (SSSR count). The summed E-state index contributed by atoms with van der Waals surface area (Å²) in [6, 6.07) is 5.74. The Bertz CT molecular complexity index is 507. The standard InChI is InChI=1S/C16H24N2O4/c1-20-13-5-3-11(9-15(13)21-2)7-8-18-16(19)14-6-4-12(10-17)22-14/h3,5,9,12,14H,4,6-8,10,17H2,1-2H3,(H,18,19)/t12-,14+/m1/s1. The molecule has 0 spiro atoms. The van der Waals surface area contributed by atoms with Crippen LogP contribution in [0, 0.1) is 0 Å². The number of carbonyl (C=O) groups is 1. The van der Waals surface area contributed by atoms with Crippen LogP contribution in [0.1, 0.15) is 18.4 Å². The molecule has 1 fully saturated rings. The number of ether oxygens (including phenoxy) is 3. The van der Waals surface area contributed by atoms with Crippen molar-refractivity contribution >= 4 is 5.91 Å². The van der Waals surface area contributed by atoms with Crippen LogP contribution in [-0.2, 0) is 16.0 Å². The number of rotatable bonds is 7. The van der Waals surface area contributed by atoms with Crippen molar-refractivity contribution in [2.24, 2.45) is 5.73 Å². The van der Waals surface area contributed by atoms with E-state index in [0.29, 0.717) is 24.6 Å². The summed E-state index contributed by atoms with van der Waals surface area (Å²) in [6.07, 6.45) is 1.97. The minimum atomic E-state index is -0.362. The molecule has 1 aliphatic rings. The van der Waals surface area contributed by atoms with Crippen LogP contribution < -0.4 is 20.5 Å². The first-order valence-electron chi connectivity index (χ1n) is 7.52. The highest BCUT2D eigenvalue weighted by Gasteiger charge is 2.29. The van der Waals surface area contributed by atoms with E-state index >= 15 is 0 Å². The molecule has 3 N–H and O–H groups in total. The third-order valence-electron chi connectivity index (χ3n) is 3.82. The summed E-state index contributed by atoms with van der Waals surface area (Å²) in [5.41, 5.74) is 6.62. The maximum atomic E-state index is 12.0. The van der Waals surface area contributed by atoms with Gasteiger partial charge in [-0.25, -0.2) is 0 Å². The number of methoxy groups -OCH3 is 2. The fourth-order valence-electron chi connectivity index (χ4n) is 2.55. The van der Waals surface area contributed by atoms with Crippen molar-refractivity contribution in [1.29, 1.82) is 0 Å². The molecular weight excluding hydrogens is 284 g/mol. The molecule has 0 saturated carbocycles. The highest BCUT2D eigenvalue weighted by atomic mass is 16.5. The van der Waals surface area contributed by atoms with Crippen molar-refractivity contribution in [2.45, 2.75) is 31.5 Å². The van der Waals surface area contributed by atoms with Crippen molar-refractivity contribution in [3.05, 3.63) is 23.8 Å². The Labute approximate surface area is 130 Å². The minimum absolute atomic E-state index is 0.0154. The molecule has 0 unspecified atom stereocenters. The molecule has 2 atom stereocenters. The van der Waals surface area contributed by atoms with Crippen molar-refractivity contribution in [3.8, 4) is 11.5 Å². The molecule has 1 aromatic rings. The number of benzene rings is 1. The summed E-state index contributed by atoms with van der Waals surface area (Å²) in [6.45, 7) is 1.02. The number of amides is 1. The average Bonchev–Trinajstić information content (AvgIpc) is 3.03. The average molecular weight is 308 g/mol. The molecule has 0 bridgehead atoms. The van der Waals surface area contributed by atoms with Crippen molar-refractivity contribution < 1.29 is 19.0 Å². The predicted molar refractivity (Wildman–Crippen MR) is 83.2 cm³/mol. The number of hydrogen-bond acceptors (Lipinski definition) is 5. The van der Waals surface area contributed by atoms with Gasteiger partial charge in [0.1, 0.15) is 6.10 Å². The van der Waals surface area contributed by atoms with E-state index in [1.165, 1.54) is 0 Å². The fourth-order valence-corrected chi connectivity index (χ4v) is 2.55. The van der Waals surface area contributed by atoms with Gasteiger partial charge in [-0.05, 0) is 37.0 Å². The molecule has 1 aromatic carbocycles. The van der Waals surface area contributed by atoms with Gasteiger partial charge in [0.15, 0.2) is 11.5 Å². The van der Waals surface area contributed by atoms with E-state index in [1.54, 1.807) is 14.2 Å². The van der Waals surface area contributed by atoms with Crippen LogP contribution in [-0.4, -0.2) is 45.4 Å². The van der Waals surface area contributed by atoms with Crippen molar-refractivity contribution in [3.63, 3.8) is 0 Å². The molecule has 1 aliphatic heterocycles. The molecule has 0 aromatic heterocycles. The quantitative estimate of drug-likeness (QED) is 0.781. The van der Waals surface area contributed by atoms with Gasteiger partial charge in [0.25, 0.3) is 0 Å². The topological polar surface area (TPSA) is 82.8 Å². The van der Waals surface area contributed by atoms with Crippen LogP contribution in [0.3, 0.4) is 0 Å². The summed E-state index contributed by atoms with van der Waals surface area (Å²) < 4.78 is 16.0. The van der Waals surface area contributed by atoms with Gasteiger partial charge in [0.2, 0.25) is 5.91 Å². The van der Waals surface area contributed by atoms with E-state index in [9.17, 15) is 4.79 Å². The van der Waals surface area contributed by atoms with Crippen LogP contribution in [0.15, 0.2) is 18.2 Å². The zero-order chi connectivity index (χ0) is 15.9. The Morgan fingerprint density at radius 2 is 2.09 bits per heavy atom. The molecule has 1 heterocycles. The summed E-state index contributed by atoms with van der Waals surface area (Å²) in [7, 11) is 3.21. The number of carbonyl (C=O) groups excluding carboxylic acids is 1. The highest BCUT2D eigenvalue weighted by molar-refractivity contribution is 5.81. The zero-order valence-corrected chi connectivity index (χ0v) is 13.1. The monoisotopic (exact) mass is 308 g/mol. The smallest absolute Gasteiger partial charge is 0.249 e. The van der Waals surface area contributed by atoms with Gasteiger partial charge >= 0.3 is 0 Å². The molecule has 1 amide bonds. The summed E-state index contributed by atoms with van der Waals surface area (Å²) in [5.74, 6) is 1.33. The lowest BCUT2D eigenvalue weighted by molar-refractivity contribution is -0.131. The number of nitrogens with one attached hydrogen (secondary N) is 1. The second-order valence-corrected chi connectivity index (χ2v) is 5.29. The second-order valence-electron chi connectivity index (χ2n) is 5.29. The fraction of sp³-hybridized carbons (Fsp3) is 0.562. The Morgan fingerprint density at radius 3 is 2.73 bits per heavy atom. The number of nitrogens with two attached hydrogens (primary N) is 1. The van der Waals surface area contributed by atoms with Crippen LogP contribution in [0.2, 0.25) is 0 Å². The first-order valence-corrected chi connectivity index (χ1v) is 7.52. The van der Waals surface area contributed by atoms with E-state index in [2.05, 4.69) is 5.32 Å². The minimum Gasteiger partial charge on any atom is -0.493 e. The van der Waals surface area contributed by atoms with Crippen LogP contribution in [0.25, 0.3) is 0 Å². The second kappa shape index (κ2) is 8.00. The molecule has 22 heavy (non-hydrogen) atoms. The first-order chi connectivity index (χ1) is 10.7. The van der Waals surface area contributed by atoms with Crippen molar-refractivity contribution in [1.82, 2.24) is 5.32 Å². The molecule has 6 heteroatoms. The lowest BCUT2D eigenvalue weighted by Gasteiger charge is -2.13. The maximum absolute atomic E-state index is 12.0. The normalized spacial score (nSPS) is 20.7. The lowest BCUT2D eigenvalue weighted by Crippen LogP contribution is -2.36. The molecule has 1 saturated heterocycles. The van der Waals surface area contributed by atoms with Crippen LogP contribution >= 0.6 is 0 Å². The largest absolute Gasteiger partial charge is 0.493 e. The zero-order valence-electron chi connectivity index (χ0n) is 13.1. The SMILES string of the molecule is COc1ccc(CCNC(=O)[C@@H]2CC[C@H](CN)O2)cc1OC. The van der Waals surface area contributed by atoms with Crippen molar-refractivity contribution in [2.75, 3.05) is 27.3 Å². The van der Waals surface area contributed by atoms with Gasteiger partial charge in [-0.1, -0.05) is 6.07 Å². The van der Waals surface area contributed by atoms with Gasteiger partial charge in [-0.15, -0.1) is 0 Å². The van der Waals surface area contributed by atoms with E-state index < -0.39 is 0 Å². The van der Waals surface area contributed by atoms with Gasteiger partial charge in [0, 0.05) is 13.1 Å².